The predicted octanol–water partition coefficient (Wildman–Crippen LogP) is 7.56. The second-order valence-electron chi connectivity index (χ2n) is 9.72. The summed E-state index contributed by atoms with van der Waals surface area (Å²) in [7, 11) is 0. The van der Waals surface area contributed by atoms with E-state index in [4.69, 9.17) is 26.2 Å². The molecular formula is C33H30ClF2NO6. The van der Waals surface area contributed by atoms with Gasteiger partial charge in [-0.3, -0.25) is 9.59 Å². The number of carboxylic acids is 2. The topological polar surface area (TPSA) is 98.0 Å². The lowest BCUT2D eigenvalue weighted by molar-refractivity contribution is -0.138. The lowest BCUT2D eigenvalue weighted by Crippen LogP contribution is -2.10. The van der Waals surface area contributed by atoms with E-state index in [1.807, 2.05) is 18.2 Å². The van der Waals surface area contributed by atoms with Crippen LogP contribution in [0.1, 0.15) is 35.2 Å². The highest BCUT2D eigenvalue weighted by molar-refractivity contribution is 6.30. The molecule has 0 aliphatic heterocycles. The molecule has 0 spiro atoms. The van der Waals surface area contributed by atoms with Gasteiger partial charge in [0, 0.05) is 22.5 Å². The molecule has 0 atom stereocenters. The summed E-state index contributed by atoms with van der Waals surface area (Å²) in [6.45, 7) is 1.83. The Morgan fingerprint density at radius 3 is 2.30 bits per heavy atom. The van der Waals surface area contributed by atoms with Crippen molar-refractivity contribution in [1.82, 2.24) is 4.57 Å². The van der Waals surface area contributed by atoms with Crippen molar-refractivity contribution in [2.75, 3.05) is 13.2 Å². The molecule has 0 fully saturated rings. The van der Waals surface area contributed by atoms with Crippen LogP contribution in [-0.4, -0.2) is 39.9 Å². The smallest absolute Gasteiger partial charge is 0.323 e. The number of benzene rings is 3. The molecule has 0 amide bonds. The fourth-order valence-electron chi connectivity index (χ4n) is 4.73. The third-order valence-electron chi connectivity index (χ3n) is 6.76. The number of aryl methyl sites for hydroxylation is 1. The minimum absolute atomic E-state index is 0.0672. The number of carbonyl (C=O) groups is 2. The molecule has 0 bridgehead atoms. The lowest BCUT2D eigenvalue weighted by atomic mass is 10.0. The molecule has 224 valence electrons. The fraction of sp³-hybridized carbons (Fsp3) is 0.212. The van der Waals surface area contributed by atoms with Crippen LogP contribution in [0.4, 0.5) is 8.78 Å². The lowest BCUT2D eigenvalue weighted by Gasteiger charge is -2.08. The van der Waals surface area contributed by atoms with E-state index in [9.17, 15) is 19.1 Å². The van der Waals surface area contributed by atoms with E-state index in [-0.39, 0.29) is 31.9 Å². The third-order valence-corrected chi connectivity index (χ3v) is 6.99. The van der Waals surface area contributed by atoms with Gasteiger partial charge in [-0.2, -0.15) is 0 Å². The highest BCUT2D eigenvalue weighted by Crippen LogP contribution is 2.33. The van der Waals surface area contributed by atoms with Gasteiger partial charge in [0.25, 0.3) is 0 Å². The third kappa shape index (κ3) is 8.23. The standard InChI is InChI=1S/C33H30ClF2NO6/c1-21-26(5-4-6-30(38)39)32-27(35)15-11-23(33(32)37(21)20-31(40)41)10-7-22-8-13-25(14-9-22)42-17-2-3-18-43-29-16-12-24(34)19-28(29)36/h2-3,7-16,19H,4-6,17-18,20H2,1H3,(H,38,39)(H,40,41). The molecule has 0 unspecified atom stereocenters. The maximum absolute atomic E-state index is 15.1. The first kappa shape index (κ1) is 31.3. The van der Waals surface area contributed by atoms with Gasteiger partial charge in [-0.1, -0.05) is 35.9 Å². The molecule has 43 heavy (non-hydrogen) atoms. The summed E-state index contributed by atoms with van der Waals surface area (Å²) in [4.78, 5) is 22.7. The molecule has 0 saturated heterocycles. The van der Waals surface area contributed by atoms with Gasteiger partial charge in [0.15, 0.2) is 11.6 Å². The van der Waals surface area contributed by atoms with E-state index < -0.39 is 23.6 Å². The van der Waals surface area contributed by atoms with Crippen LogP contribution < -0.4 is 9.47 Å². The van der Waals surface area contributed by atoms with Gasteiger partial charge >= 0.3 is 11.9 Å². The van der Waals surface area contributed by atoms with Gasteiger partial charge in [0.05, 0.1) is 5.52 Å². The Labute approximate surface area is 252 Å². The van der Waals surface area contributed by atoms with Crippen molar-refractivity contribution < 1.29 is 38.1 Å². The van der Waals surface area contributed by atoms with Crippen LogP contribution in [0.15, 0.2) is 66.7 Å². The van der Waals surface area contributed by atoms with Crippen molar-refractivity contribution in [3.05, 3.63) is 106 Å². The number of hydrogen-bond donors (Lipinski definition) is 2. The average molecular weight is 610 g/mol. The zero-order valence-electron chi connectivity index (χ0n) is 23.4. The average Bonchev–Trinajstić information content (AvgIpc) is 3.23. The second-order valence-corrected chi connectivity index (χ2v) is 10.2. The van der Waals surface area contributed by atoms with Crippen molar-refractivity contribution in [1.29, 1.82) is 0 Å². The molecule has 0 radical (unpaired) electrons. The van der Waals surface area contributed by atoms with E-state index in [0.717, 1.165) is 5.56 Å². The summed E-state index contributed by atoms with van der Waals surface area (Å²) in [5.41, 5.74) is 3.15. The van der Waals surface area contributed by atoms with E-state index in [1.54, 1.807) is 54.0 Å². The van der Waals surface area contributed by atoms with Crippen LogP contribution in [0.3, 0.4) is 0 Å². The highest BCUT2D eigenvalue weighted by Gasteiger charge is 2.21. The van der Waals surface area contributed by atoms with E-state index in [0.29, 0.717) is 51.3 Å². The van der Waals surface area contributed by atoms with E-state index >= 15 is 4.39 Å². The summed E-state index contributed by atoms with van der Waals surface area (Å²) in [6, 6.07) is 14.4. The number of rotatable bonds is 14. The first-order valence-corrected chi connectivity index (χ1v) is 13.9. The number of nitrogens with zero attached hydrogens (tertiary/aromatic N) is 1. The molecular weight excluding hydrogens is 580 g/mol. The molecule has 0 saturated carbocycles. The zero-order chi connectivity index (χ0) is 30.9. The highest BCUT2D eigenvalue weighted by atomic mass is 35.5. The van der Waals surface area contributed by atoms with Crippen molar-refractivity contribution in [3.8, 4) is 11.5 Å². The summed E-state index contributed by atoms with van der Waals surface area (Å²) >= 11 is 5.73. The minimum Gasteiger partial charge on any atom is -0.490 e. The molecule has 0 aliphatic carbocycles. The van der Waals surface area contributed by atoms with Crippen molar-refractivity contribution in [2.24, 2.45) is 0 Å². The quantitative estimate of drug-likeness (QED) is 0.113. The van der Waals surface area contributed by atoms with Crippen LogP contribution in [0.25, 0.3) is 23.1 Å². The number of aliphatic carboxylic acids is 2. The number of ether oxygens (including phenoxy) is 2. The van der Waals surface area contributed by atoms with E-state index in [2.05, 4.69) is 0 Å². The largest absolute Gasteiger partial charge is 0.490 e. The Kier molecular flexibility index (Phi) is 10.6. The summed E-state index contributed by atoms with van der Waals surface area (Å²) in [5, 5.41) is 19.2. The molecule has 1 heterocycles. The van der Waals surface area contributed by atoms with Crippen LogP contribution in [-0.2, 0) is 22.6 Å². The maximum Gasteiger partial charge on any atom is 0.323 e. The number of fused-ring (bicyclic) bond motifs is 1. The Bertz CT molecular complexity index is 1680. The SMILES string of the molecule is Cc1c(CCCC(=O)O)c2c(F)ccc(C=Cc3ccc(OCC=CCOc4ccc(Cl)cc4F)cc3)c2n1CC(=O)O. The Balaban J connectivity index is 1.43. The van der Waals surface area contributed by atoms with Gasteiger partial charge in [0.2, 0.25) is 0 Å². The molecule has 1 aromatic heterocycles. The Morgan fingerprint density at radius 1 is 0.907 bits per heavy atom. The van der Waals surface area contributed by atoms with E-state index in [1.165, 1.54) is 18.2 Å². The van der Waals surface area contributed by atoms with Crippen molar-refractivity contribution in [2.45, 2.75) is 32.7 Å². The van der Waals surface area contributed by atoms with Crippen LogP contribution in [0, 0.1) is 18.6 Å². The molecule has 2 N–H and O–H groups in total. The Morgan fingerprint density at radius 2 is 1.63 bits per heavy atom. The normalized spacial score (nSPS) is 11.5. The summed E-state index contributed by atoms with van der Waals surface area (Å²) < 4.78 is 41.5. The van der Waals surface area contributed by atoms with Crippen LogP contribution in [0.5, 0.6) is 11.5 Å². The fourth-order valence-corrected chi connectivity index (χ4v) is 4.89. The van der Waals surface area contributed by atoms with Crippen LogP contribution >= 0.6 is 11.6 Å². The van der Waals surface area contributed by atoms with Gasteiger partial charge in [-0.05, 0) is 91.1 Å². The van der Waals surface area contributed by atoms with Crippen molar-refractivity contribution in [3.63, 3.8) is 0 Å². The minimum atomic E-state index is -1.07. The molecule has 0 aliphatic rings. The maximum atomic E-state index is 15.1. The van der Waals surface area contributed by atoms with Gasteiger partial charge in [0.1, 0.15) is 31.3 Å². The molecule has 10 heteroatoms. The monoisotopic (exact) mass is 609 g/mol. The van der Waals surface area contributed by atoms with Gasteiger partial charge in [-0.25, -0.2) is 8.78 Å². The molecule has 4 aromatic rings. The zero-order valence-corrected chi connectivity index (χ0v) is 24.1. The molecule has 7 nitrogen and oxygen atoms in total. The summed E-state index contributed by atoms with van der Waals surface area (Å²) in [5.74, 6) is -2.28. The first-order chi connectivity index (χ1) is 20.6. The van der Waals surface area contributed by atoms with Crippen LogP contribution in [0.2, 0.25) is 5.02 Å². The number of hydrogen-bond acceptors (Lipinski definition) is 4. The van der Waals surface area contributed by atoms with Crippen molar-refractivity contribution >= 4 is 46.6 Å². The number of aromatic nitrogens is 1. The number of halogens is 3. The molecule has 3 aromatic carbocycles. The Hall–Kier alpha value is -4.63. The van der Waals surface area contributed by atoms with Gasteiger partial charge in [-0.15, -0.1) is 0 Å². The van der Waals surface area contributed by atoms with Gasteiger partial charge < -0.3 is 24.3 Å². The summed E-state index contributed by atoms with van der Waals surface area (Å²) in [6.07, 6.45) is 7.66. The molecule has 4 rings (SSSR count). The number of carboxylic acid groups (broad SMARTS) is 2. The first-order valence-electron chi connectivity index (χ1n) is 13.5. The second kappa shape index (κ2) is 14.5. The predicted molar refractivity (Wildman–Crippen MR) is 162 cm³/mol.